The van der Waals surface area contributed by atoms with E-state index in [1.807, 2.05) is 12.1 Å². The van der Waals surface area contributed by atoms with Gasteiger partial charge >= 0.3 is 0 Å². The number of rotatable bonds is 5. The molecule has 1 heterocycles. The van der Waals surface area contributed by atoms with Crippen LogP contribution in [0, 0.1) is 0 Å². The highest BCUT2D eigenvalue weighted by atomic mass is 16.5. The number of aliphatic hydroxyl groups excluding tert-OH is 1. The summed E-state index contributed by atoms with van der Waals surface area (Å²) in [5, 5.41) is 21.1. The fraction of sp³-hybridized carbons (Fsp3) is 0.500. The molecule has 21 heavy (non-hydrogen) atoms. The van der Waals surface area contributed by atoms with E-state index >= 15 is 0 Å². The van der Waals surface area contributed by atoms with Gasteiger partial charge in [-0.2, -0.15) is 0 Å². The molecule has 2 rings (SSSR count). The van der Waals surface area contributed by atoms with E-state index in [9.17, 15) is 5.11 Å². The third-order valence-corrected chi connectivity index (χ3v) is 3.60. The molecule has 1 fully saturated rings. The normalized spacial score (nSPS) is 20.5. The van der Waals surface area contributed by atoms with Crippen LogP contribution >= 0.6 is 0 Å². The summed E-state index contributed by atoms with van der Waals surface area (Å²) in [5.74, 6) is 0.564. The SMILES string of the molecule is COc1cc(CN2CCOCC2CO)ccc1/C(N)=N/O. The van der Waals surface area contributed by atoms with Crippen LogP contribution in [0.3, 0.4) is 0 Å². The molecule has 4 N–H and O–H groups in total. The first-order chi connectivity index (χ1) is 10.2. The summed E-state index contributed by atoms with van der Waals surface area (Å²) in [6, 6.07) is 5.53. The topological polar surface area (TPSA) is 101 Å². The van der Waals surface area contributed by atoms with Crippen molar-refractivity contribution in [3.63, 3.8) is 0 Å². The number of nitrogens with two attached hydrogens (primary N) is 1. The number of aliphatic hydroxyl groups is 1. The summed E-state index contributed by atoms with van der Waals surface area (Å²) >= 11 is 0. The largest absolute Gasteiger partial charge is 0.496 e. The second-order valence-electron chi connectivity index (χ2n) is 4.90. The minimum atomic E-state index is 0.00787. The van der Waals surface area contributed by atoms with Gasteiger partial charge in [0, 0.05) is 13.1 Å². The summed E-state index contributed by atoms with van der Waals surface area (Å²) < 4.78 is 10.7. The highest BCUT2D eigenvalue weighted by Crippen LogP contribution is 2.22. The maximum atomic E-state index is 9.38. The van der Waals surface area contributed by atoms with Gasteiger partial charge in [0.15, 0.2) is 5.84 Å². The number of methoxy groups -OCH3 is 1. The van der Waals surface area contributed by atoms with Crippen LogP contribution in [0.4, 0.5) is 0 Å². The number of benzene rings is 1. The van der Waals surface area contributed by atoms with Gasteiger partial charge in [0.25, 0.3) is 0 Å². The monoisotopic (exact) mass is 295 g/mol. The summed E-state index contributed by atoms with van der Waals surface area (Å²) in [4.78, 5) is 2.17. The lowest BCUT2D eigenvalue weighted by molar-refractivity contribution is -0.0312. The summed E-state index contributed by atoms with van der Waals surface area (Å²) in [7, 11) is 1.54. The molecule has 0 radical (unpaired) electrons. The van der Waals surface area contributed by atoms with Gasteiger partial charge in [0.2, 0.25) is 0 Å². The van der Waals surface area contributed by atoms with Crippen molar-refractivity contribution in [3.05, 3.63) is 29.3 Å². The molecule has 0 bridgehead atoms. The third-order valence-electron chi connectivity index (χ3n) is 3.60. The Labute approximate surface area is 123 Å². The smallest absolute Gasteiger partial charge is 0.173 e. The van der Waals surface area contributed by atoms with Crippen molar-refractivity contribution in [2.75, 3.05) is 33.5 Å². The zero-order valence-corrected chi connectivity index (χ0v) is 12.0. The molecular weight excluding hydrogens is 274 g/mol. The fourth-order valence-corrected chi connectivity index (χ4v) is 2.40. The average molecular weight is 295 g/mol. The van der Waals surface area contributed by atoms with Crippen molar-refractivity contribution in [1.82, 2.24) is 4.90 Å². The van der Waals surface area contributed by atoms with Crippen molar-refractivity contribution >= 4 is 5.84 Å². The van der Waals surface area contributed by atoms with Crippen molar-refractivity contribution < 1.29 is 19.8 Å². The van der Waals surface area contributed by atoms with Crippen LogP contribution in [0.5, 0.6) is 5.75 Å². The average Bonchev–Trinajstić information content (AvgIpc) is 2.54. The van der Waals surface area contributed by atoms with Gasteiger partial charge in [-0.1, -0.05) is 11.2 Å². The molecule has 1 saturated heterocycles. The molecule has 0 aliphatic carbocycles. The number of hydrogen-bond acceptors (Lipinski definition) is 6. The first-order valence-electron chi connectivity index (χ1n) is 6.77. The molecule has 1 aliphatic heterocycles. The first kappa shape index (κ1) is 15.6. The first-order valence-corrected chi connectivity index (χ1v) is 6.77. The molecule has 1 aliphatic rings. The molecule has 1 atom stereocenters. The zero-order valence-electron chi connectivity index (χ0n) is 12.0. The number of hydrogen-bond donors (Lipinski definition) is 3. The van der Waals surface area contributed by atoms with Gasteiger partial charge in [0.1, 0.15) is 5.75 Å². The predicted molar refractivity (Wildman–Crippen MR) is 77.6 cm³/mol. The van der Waals surface area contributed by atoms with Crippen LogP contribution in [-0.4, -0.2) is 60.6 Å². The van der Waals surface area contributed by atoms with Crippen LogP contribution in [0.2, 0.25) is 0 Å². The molecule has 0 aromatic heterocycles. The Morgan fingerprint density at radius 3 is 3.05 bits per heavy atom. The Hall–Kier alpha value is -1.83. The van der Waals surface area contributed by atoms with Crippen molar-refractivity contribution in [1.29, 1.82) is 0 Å². The van der Waals surface area contributed by atoms with Crippen LogP contribution in [0.25, 0.3) is 0 Å². The Morgan fingerprint density at radius 2 is 2.38 bits per heavy atom. The lowest BCUT2D eigenvalue weighted by atomic mass is 10.1. The zero-order chi connectivity index (χ0) is 15.2. The summed E-state index contributed by atoms with van der Waals surface area (Å²) in [5.41, 5.74) is 7.18. The standard InChI is InChI=1S/C14H21N3O4/c1-20-13-6-10(2-3-12(13)14(15)16-19)7-17-4-5-21-9-11(17)8-18/h2-3,6,11,18-19H,4-5,7-9H2,1H3,(H2,15,16). The molecular formula is C14H21N3O4. The minimum Gasteiger partial charge on any atom is -0.496 e. The maximum Gasteiger partial charge on any atom is 0.173 e. The summed E-state index contributed by atoms with van der Waals surface area (Å²) in [6.07, 6.45) is 0. The molecule has 0 saturated carbocycles. The van der Waals surface area contributed by atoms with Gasteiger partial charge in [0.05, 0.1) is 38.5 Å². The second kappa shape index (κ2) is 7.26. The second-order valence-corrected chi connectivity index (χ2v) is 4.90. The minimum absolute atomic E-state index is 0.00787. The Kier molecular flexibility index (Phi) is 5.38. The number of morpholine rings is 1. The molecule has 7 heteroatoms. The van der Waals surface area contributed by atoms with E-state index in [2.05, 4.69) is 10.1 Å². The van der Waals surface area contributed by atoms with Gasteiger partial charge in [-0.3, -0.25) is 4.90 Å². The van der Waals surface area contributed by atoms with Crippen molar-refractivity contribution in [2.45, 2.75) is 12.6 Å². The maximum absolute atomic E-state index is 9.38. The molecule has 7 nitrogen and oxygen atoms in total. The van der Waals surface area contributed by atoms with Crippen molar-refractivity contribution in [2.24, 2.45) is 10.9 Å². The van der Waals surface area contributed by atoms with Crippen LogP contribution in [0.1, 0.15) is 11.1 Å². The Morgan fingerprint density at radius 1 is 1.57 bits per heavy atom. The van der Waals surface area contributed by atoms with Gasteiger partial charge in [-0.05, 0) is 17.7 Å². The number of oxime groups is 1. The van der Waals surface area contributed by atoms with E-state index in [1.165, 1.54) is 0 Å². The van der Waals surface area contributed by atoms with E-state index in [-0.39, 0.29) is 18.5 Å². The highest BCUT2D eigenvalue weighted by molar-refractivity contribution is 5.99. The lowest BCUT2D eigenvalue weighted by Crippen LogP contribution is -2.46. The fourth-order valence-electron chi connectivity index (χ4n) is 2.40. The third kappa shape index (κ3) is 3.63. The van der Waals surface area contributed by atoms with Gasteiger partial charge in [-0.25, -0.2) is 0 Å². The Balaban J connectivity index is 2.17. The van der Waals surface area contributed by atoms with Gasteiger partial charge in [-0.15, -0.1) is 0 Å². The molecule has 1 aromatic carbocycles. The highest BCUT2D eigenvalue weighted by Gasteiger charge is 2.22. The van der Waals surface area contributed by atoms with Gasteiger partial charge < -0.3 is 25.5 Å². The molecule has 1 unspecified atom stereocenters. The van der Waals surface area contributed by atoms with E-state index in [0.29, 0.717) is 31.1 Å². The number of amidine groups is 1. The van der Waals surface area contributed by atoms with E-state index in [1.54, 1.807) is 13.2 Å². The Bertz CT molecular complexity index is 507. The van der Waals surface area contributed by atoms with Crippen LogP contribution in [-0.2, 0) is 11.3 Å². The molecule has 1 aromatic rings. The van der Waals surface area contributed by atoms with E-state index in [4.69, 9.17) is 20.4 Å². The lowest BCUT2D eigenvalue weighted by Gasteiger charge is -2.34. The van der Waals surface area contributed by atoms with Crippen LogP contribution < -0.4 is 10.5 Å². The van der Waals surface area contributed by atoms with Crippen molar-refractivity contribution in [3.8, 4) is 5.75 Å². The predicted octanol–water partition coefficient (Wildman–Crippen LogP) is -0.0172. The number of ether oxygens (including phenoxy) is 2. The summed E-state index contributed by atoms with van der Waals surface area (Å²) in [6.45, 7) is 2.72. The molecule has 0 spiro atoms. The number of nitrogens with zero attached hydrogens (tertiary/aromatic N) is 2. The van der Waals surface area contributed by atoms with E-state index in [0.717, 1.165) is 12.1 Å². The molecule has 0 amide bonds. The molecule has 116 valence electrons. The van der Waals surface area contributed by atoms with E-state index < -0.39 is 0 Å². The van der Waals surface area contributed by atoms with Crippen LogP contribution in [0.15, 0.2) is 23.4 Å². The quantitative estimate of drug-likeness (QED) is 0.305.